The Kier molecular flexibility index (Phi) is 3.03. The number of halogens is 1. The zero-order valence-electron chi connectivity index (χ0n) is 6.71. The molecule has 0 aliphatic rings. The average molecular weight is 175 g/mol. The van der Waals surface area contributed by atoms with Gasteiger partial charge in [0.05, 0.1) is 12.2 Å². The van der Waals surface area contributed by atoms with Crippen molar-refractivity contribution >= 4 is 0 Å². The average Bonchev–Trinajstić information content (AvgIpc) is 2.16. The fourth-order valence-corrected chi connectivity index (χ4v) is 0.894. The summed E-state index contributed by atoms with van der Waals surface area (Å²) < 4.78 is 13.2. The van der Waals surface area contributed by atoms with E-state index in [4.69, 9.17) is 10.4 Å². The van der Waals surface area contributed by atoms with Crippen molar-refractivity contribution in [2.45, 2.75) is 6.61 Å². The van der Waals surface area contributed by atoms with E-state index in [-0.39, 0.29) is 17.7 Å². The number of rotatable bonds is 1. The predicted molar refractivity (Wildman–Crippen MR) is 44.8 cm³/mol. The molecule has 1 aromatic rings. The highest BCUT2D eigenvalue weighted by atomic mass is 19.1. The lowest BCUT2D eigenvalue weighted by Gasteiger charge is -1.99. The van der Waals surface area contributed by atoms with Gasteiger partial charge in [0.15, 0.2) is 6.07 Å². The van der Waals surface area contributed by atoms with Gasteiger partial charge in [-0.3, -0.25) is 0 Å². The van der Waals surface area contributed by atoms with Crippen LogP contribution in [-0.4, -0.2) is 5.11 Å². The summed E-state index contributed by atoms with van der Waals surface area (Å²) in [4.78, 5) is 0. The van der Waals surface area contributed by atoms with Gasteiger partial charge in [-0.1, -0.05) is 12.1 Å². The van der Waals surface area contributed by atoms with Gasteiger partial charge < -0.3 is 5.11 Å². The second-order valence-corrected chi connectivity index (χ2v) is 2.30. The van der Waals surface area contributed by atoms with Crippen LogP contribution in [0.2, 0.25) is 0 Å². The van der Waals surface area contributed by atoms with E-state index in [0.29, 0.717) is 0 Å². The normalized spacial score (nSPS) is 8.38. The van der Waals surface area contributed by atoms with Gasteiger partial charge in [-0.05, 0) is 12.0 Å². The molecule has 0 bridgehead atoms. The van der Waals surface area contributed by atoms with E-state index in [0.717, 1.165) is 0 Å². The summed E-state index contributed by atoms with van der Waals surface area (Å²) in [6.07, 6.45) is 0. The summed E-state index contributed by atoms with van der Waals surface area (Å²) in [5.74, 6) is 3.87. The highest BCUT2D eigenvalue weighted by Crippen LogP contribution is 2.11. The Morgan fingerprint density at radius 2 is 2.23 bits per heavy atom. The number of aliphatic hydroxyl groups excluding tert-OH is 1. The number of hydrogen-bond acceptors (Lipinski definition) is 2. The van der Waals surface area contributed by atoms with Crippen molar-refractivity contribution in [2.75, 3.05) is 0 Å². The first-order chi connectivity index (χ1) is 6.29. The predicted octanol–water partition coefficient (Wildman–Crippen LogP) is 1.19. The molecule has 0 fully saturated rings. The van der Waals surface area contributed by atoms with Crippen LogP contribution in [0.5, 0.6) is 0 Å². The third-order valence-electron chi connectivity index (χ3n) is 1.50. The molecule has 64 valence electrons. The number of aliphatic hydroxyl groups is 1. The molecular formula is C10H6FNO. The Hall–Kier alpha value is -1.84. The van der Waals surface area contributed by atoms with Crippen LogP contribution in [0.4, 0.5) is 4.39 Å². The number of nitriles is 1. The molecule has 1 N–H and O–H groups in total. The van der Waals surface area contributed by atoms with E-state index in [1.54, 1.807) is 12.1 Å². The molecule has 0 amide bonds. The maximum absolute atomic E-state index is 13.2. The molecular weight excluding hydrogens is 169 g/mol. The van der Waals surface area contributed by atoms with Crippen LogP contribution in [0.3, 0.4) is 0 Å². The summed E-state index contributed by atoms with van der Waals surface area (Å²) in [6.45, 7) is -0.367. The molecule has 0 aromatic heterocycles. The van der Waals surface area contributed by atoms with E-state index >= 15 is 0 Å². The monoisotopic (exact) mass is 175 g/mol. The highest BCUT2D eigenvalue weighted by Gasteiger charge is 2.03. The second kappa shape index (κ2) is 4.25. The van der Waals surface area contributed by atoms with Crippen molar-refractivity contribution in [1.29, 1.82) is 5.26 Å². The van der Waals surface area contributed by atoms with Gasteiger partial charge in [-0.25, -0.2) is 4.39 Å². The topological polar surface area (TPSA) is 44.0 Å². The first-order valence-corrected chi connectivity index (χ1v) is 3.58. The fourth-order valence-electron chi connectivity index (χ4n) is 0.894. The Bertz CT molecular complexity index is 409. The quantitative estimate of drug-likeness (QED) is 0.651. The first kappa shape index (κ1) is 9.25. The van der Waals surface area contributed by atoms with E-state index in [1.807, 2.05) is 0 Å². The zero-order valence-corrected chi connectivity index (χ0v) is 6.71. The Morgan fingerprint density at radius 3 is 2.85 bits per heavy atom. The Labute approximate surface area is 75.2 Å². The van der Waals surface area contributed by atoms with Crippen LogP contribution in [-0.2, 0) is 6.61 Å². The van der Waals surface area contributed by atoms with Gasteiger partial charge in [0.1, 0.15) is 5.82 Å². The number of benzene rings is 1. The van der Waals surface area contributed by atoms with Crippen molar-refractivity contribution in [2.24, 2.45) is 0 Å². The van der Waals surface area contributed by atoms with Gasteiger partial charge in [-0.15, -0.1) is 0 Å². The molecule has 0 heterocycles. The van der Waals surface area contributed by atoms with Crippen molar-refractivity contribution in [1.82, 2.24) is 0 Å². The second-order valence-electron chi connectivity index (χ2n) is 2.30. The largest absolute Gasteiger partial charge is 0.392 e. The van der Waals surface area contributed by atoms with Crippen molar-refractivity contribution in [3.63, 3.8) is 0 Å². The fraction of sp³-hybridized carbons (Fsp3) is 0.100. The third-order valence-corrected chi connectivity index (χ3v) is 1.50. The number of hydrogen-bond donors (Lipinski definition) is 1. The molecule has 13 heavy (non-hydrogen) atoms. The Balaban J connectivity index is 3.17. The van der Waals surface area contributed by atoms with E-state index in [1.165, 1.54) is 12.1 Å². The molecule has 0 aliphatic carbocycles. The van der Waals surface area contributed by atoms with Crippen LogP contribution in [0.25, 0.3) is 0 Å². The molecule has 1 aromatic carbocycles. The van der Waals surface area contributed by atoms with Crippen LogP contribution in [0.15, 0.2) is 18.2 Å². The molecule has 0 aliphatic heterocycles. The third kappa shape index (κ3) is 2.05. The first-order valence-electron chi connectivity index (χ1n) is 3.58. The van der Waals surface area contributed by atoms with Crippen LogP contribution in [0, 0.1) is 29.0 Å². The van der Waals surface area contributed by atoms with Crippen molar-refractivity contribution in [3.05, 3.63) is 35.1 Å². The molecule has 1 rings (SSSR count). The maximum atomic E-state index is 13.2. The summed E-state index contributed by atoms with van der Waals surface area (Å²) in [5, 5.41) is 16.9. The zero-order chi connectivity index (χ0) is 9.68. The Morgan fingerprint density at radius 1 is 1.46 bits per heavy atom. The molecule has 0 unspecified atom stereocenters. The van der Waals surface area contributed by atoms with Gasteiger partial charge in [0.25, 0.3) is 0 Å². The lowest BCUT2D eigenvalue weighted by atomic mass is 10.1. The smallest absolute Gasteiger partial charge is 0.152 e. The minimum atomic E-state index is -0.562. The van der Waals surface area contributed by atoms with Crippen LogP contribution < -0.4 is 0 Å². The molecule has 3 heteroatoms. The van der Waals surface area contributed by atoms with E-state index in [9.17, 15) is 4.39 Å². The minimum Gasteiger partial charge on any atom is -0.392 e. The maximum Gasteiger partial charge on any atom is 0.152 e. The van der Waals surface area contributed by atoms with Crippen molar-refractivity contribution in [3.8, 4) is 17.9 Å². The lowest BCUT2D eigenvalue weighted by molar-refractivity contribution is 0.275. The van der Waals surface area contributed by atoms with Gasteiger partial charge in [-0.2, -0.15) is 5.26 Å². The van der Waals surface area contributed by atoms with Gasteiger partial charge >= 0.3 is 0 Å². The standard InChI is InChI=1S/C10H6FNO/c11-10-8(5-2-6-12)3-1-4-9(10)7-13/h1,3-4,13H,7H2. The summed E-state index contributed by atoms with van der Waals surface area (Å²) in [7, 11) is 0. The SMILES string of the molecule is N#CC#Cc1cccc(CO)c1F. The summed E-state index contributed by atoms with van der Waals surface area (Å²) >= 11 is 0. The molecule has 0 spiro atoms. The van der Waals surface area contributed by atoms with E-state index in [2.05, 4.69) is 11.8 Å². The minimum absolute atomic E-state index is 0.133. The van der Waals surface area contributed by atoms with Gasteiger partial charge in [0.2, 0.25) is 0 Å². The number of nitrogens with zero attached hydrogens (tertiary/aromatic N) is 1. The summed E-state index contributed by atoms with van der Waals surface area (Å²) in [5.41, 5.74) is 0.317. The molecule has 2 nitrogen and oxygen atoms in total. The molecule has 0 radical (unpaired) electrons. The summed E-state index contributed by atoms with van der Waals surface area (Å²) in [6, 6.07) is 6.09. The van der Waals surface area contributed by atoms with E-state index < -0.39 is 5.82 Å². The molecule has 0 saturated heterocycles. The van der Waals surface area contributed by atoms with Gasteiger partial charge in [0, 0.05) is 11.5 Å². The highest BCUT2D eigenvalue weighted by molar-refractivity contribution is 5.41. The van der Waals surface area contributed by atoms with Crippen LogP contribution in [0.1, 0.15) is 11.1 Å². The lowest BCUT2D eigenvalue weighted by Crippen LogP contribution is -1.92. The van der Waals surface area contributed by atoms with Crippen LogP contribution >= 0.6 is 0 Å². The molecule has 0 saturated carbocycles. The molecule has 0 atom stereocenters. The van der Waals surface area contributed by atoms with Crippen molar-refractivity contribution < 1.29 is 9.50 Å².